The third-order valence-corrected chi connectivity index (χ3v) is 11.6. The number of piperidine rings is 1. The van der Waals surface area contributed by atoms with Crippen LogP contribution in [-0.2, 0) is 44.5 Å². The molecule has 2 aliphatic heterocycles. The molecule has 6 aliphatic rings. The van der Waals surface area contributed by atoms with Crippen molar-refractivity contribution in [1.82, 2.24) is 9.80 Å². The van der Waals surface area contributed by atoms with Gasteiger partial charge in [-0.2, -0.15) is 0 Å². The number of carbonyl (C=O) groups excluding carboxylic acids is 2. The van der Waals surface area contributed by atoms with Crippen molar-refractivity contribution < 1.29 is 33.6 Å². The third-order valence-electron chi connectivity index (χ3n) is 11.6. The predicted octanol–water partition coefficient (Wildman–Crippen LogP) is 4.39. The average molecular weight is 637 g/mol. The molecule has 1 fully saturated rings. The summed E-state index contributed by atoms with van der Waals surface area (Å²) in [6, 6.07) is 4.20. The van der Waals surface area contributed by atoms with E-state index in [1.54, 1.807) is 39.6 Å². The molecule has 47 heavy (non-hydrogen) atoms. The van der Waals surface area contributed by atoms with Crippen LogP contribution in [0.5, 0.6) is 23.0 Å². The fraction of sp³-hybridized carbons (Fsp3) is 0.421. The number of likely N-dealkylation sites (tertiary alicyclic amines) is 1. The minimum atomic E-state index is -0.662. The summed E-state index contributed by atoms with van der Waals surface area (Å²) in [5.41, 5.74) is 6.46. The normalized spacial score (nSPS) is 26.7. The maximum atomic E-state index is 13.0. The number of hydrogen-bond acceptors (Lipinski definition) is 9. The first kappa shape index (κ1) is 30.0. The quantitative estimate of drug-likeness (QED) is 0.495. The van der Waals surface area contributed by atoms with Crippen molar-refractivity contribution in [2.75, 3.05) is 48.6 Å². The summed E-state index contributed by atoms with van der Waals surface area (Å²) in [4.78, 5) is 30.2. The van der Waals surface area contributed by atoms with Gasteiger partial charge in [-0.15, -0.1) is 0 Å². The van der Waals surface area contributed by atoms with Crippen molar-refractivity contribution in [2.24, 2.45) is 0 Å². The van der Waals surface area contributed by atoms with Crippen LogP contribution in [-0.4, -0.2) is 81.1 Å². The van der Waals surface area contributed by atoms with Gasteiger partial charge in [-0.3, -0.25) is 19.4 Å². The Bertz CT molecular complexity index is 1850. The van der Waals surface area contributed by atoms with Crippen LogP contribution in [0.25, 0.3) is 0 Å². The highest BCUT2D eigenvalue weighted by atomic mass is 16.5. The smallest absolute Gasteiger partial charge is 0.220 e. The maximum absolute atomic E-state index is 13.0. The van der Waals surface area contributed by atoms with E-state index in [4.69, 9.17) is 18.9 Å². The van der Waals surface area contributed by atoms with Crippen LogP contribution >= 0.6 is 0 Å². The molecule has 3 atom stereocenters. The fourth-order valence-electron chi connectivity index (χ4n) is 9.44. The molecular formula is C38H40N2O7. The van der Waals surface area contributed by atoms with Gasteiger partial charge in [0.05, 0.1) is 28.4 Å². The summed E-state index contributed by atoms with van der Waals surface area (Å²) in [5.74, 6) is 2.13. The van der Waals surface area contributed by atoms with E-state index in [0.717, 1.165) is 53.8 Å². The molecule has 1 saturated heterocycles. The van der Waals surface area contributed by atoms with E-state index in [2.05, 4.69) is 22.9 Å². The number of rotatable bonds is 6. The Balaban J connectivity index is 1.28. The second-order valence-corrected chi connectivity index (χ2v) is 13.6. The molecule has 1 N–H and O–H groups in total. The number of methoxy groups -OCH3 is 4. The summed E-state index contributed by atoms with van der Waals surface area (Å²) in [6.45, 7) is 2.29. The fourth-order valence-corrected chi connectivity index (χ4v) is 9.44. The minimum absolute atomic E-state index is 0.0179. The first-order valence-electron chi connectivity index (χ1n) is 16.3. The molecule has 0 amide bonds. The highest BCUT2D eigenvalue weighted by Gasteiger charge is 2.54. The Labute approximate surface area is 274 Å². The van der Waals surface area contributed by atoms with E-state index in [0.29, 0.717) is 42.4 Å². The van der Waals surface area contributed by atoms with Crippen LogP contribution in [0.2, 0.25) is 0 Å². The molecule has 9 heteroatoms. The molecule has 0 saturated carbocycles. The van der Waals surface area contributed by atoms with Crippen LogP contribution in [0.4, 0.5) is 0 Å². The summed E-state index contributed by atoms with van der Waals surface area (Å²) in [6.07, 6.45) is 14.1. The number of likely N-dealkylation sites (N-methyl/N-ethyl adjacent to an activating group) is 1. The lowest BCUT2D eigenvalue weighted by Gasteiger charge is -2.53. The Morgan fingerprint density at radius 2 is 1.70 bits per heavy atom. The van der Waals surface area contributed by atoms with Gasteiger partial charge in [0.25, 0.3) is 0 Å². The second kappa shape index (κ2) is 10.6. The number of hydrogen-bond donors (Lipinski definition) is 1. The van der Waals surface area contributed by atoms with Crippen LogP contribution in [0, 0.1) is 0 Å². The molecule has 9 nitrogen and oxygen atoms in total. The number of ketones is 2. The summed E-state index contributed by atoms with van der Waals surface area (Å²) in [5, 5.41) is 11.8. The lowest BCUT2D eigenvalue weighted by molar-refractivity contribution is -0.114. The molecule has 1 spiro atoms. The van der Waals surface area contributed by atoms with Crippen LogP contribution in [0.15, 0.2) is 59.9 Å². The zero-order valence-corrected chi connectivity index (χ0v) is 27.5. The first-order valence-corrected chi connectivity index (χ1v) is 16.3. The lowest BCUT2D eigenvalue weighted by Crippen LogP contribution is -2.54. The number of fused-ring (bicyclic) bond motifs is 2. The molecular weight excluding hydrogens is 596 g/mol. The maximum Gasteiger partial charge on any atom is 0.220 e. The number of phenolic OH excluding ortho intramolecular Hbond substituents is 1. The van der Waals surface area contributed by atoms with Gasteiger partial charge < -0.3 is 24.1 Å². The monoisotopic (exact) mass is 636 g/mol. The van der Waals surface area contributed by atoms with Gasteiger partial charge in [0.1, 0.15) is 0 Å². The van der Waals surface area contributed by atoms with E-state index in [9.17, 15) is 14.7 Å². The first-order chi connectivity index (χ1) is 22.7. The van der Waals surface area contributed by atoms with Crippen molar-refractivity contribution in [3.8, 4) is 23.0 Å². The van der Waals surface area contributed by atoms with Crippen molar-refractivity contribution in [1.29, 1.82) is 0 Å². The molecule has 244 valence electrons. The van der Waals surface area contributed by atoms with Crippen LogP contribution in [0.1, 0.15) is 52.3 Å². The van der Waals surface area contributed by atoms with Gasteiger partial charge >= 0.3 is 0 Å². The predicted molar refractivity (Wildman–Crippen MR) is 175 cm³/mol. The van der Waals surface area contributed by atoms with Gasteiger partial charge in [0.2, 0.25) is 5.78 Å². The summed E-state index contributed by atoms with van der Waals surface area (Å²) < 4.78 is 23.2. The molecule has 4 aliphatic carbocycles. The Morgan fingerprint density at radius 3 is 2.40 bits per heavy atom. The molecule has 2 aromatic rings. The largest absolute Gasteiger partial charge is 0.504 e. The lowest BCUT2D eigenvalue weighted by atomic mass is 9.58. The summed E-state index contributed by atoms with van der Waals surface area (Å²) >= 11 is 0. The number of phenols is 1. The van der Waals surface area contributed by atoms with Gasteiger partial charge in [-0.05, 0) is 104 Å². The number of aromatic hydroxyl groups is 1. The van der Waals surface area contributed by atoms with E-state index in [1.807, 2.05) is 24.3 Å². The molecule has 0 radical (unpaired) electrons. The number of allylic oxidation sites excluding steroid dienone is 6. The highest BCUT2D eigenvalue weighted by Crippen LogP contribution is 2.60. The Kier molecular flexibility index (Phi) is 6.76. The zero-order valence-electron chi connectivity index (χ0n) is 27.5. The van der Waals surface area contributed by atoms with Crippen molar-refractivity contribution in [2.45, 2.75) is 55.1 Å². The van der Waals surface area contributed by atoms with Gasteiger partial charge in [-0.1, -0.05) is 12.2 Å². The van der Waals surface area contributed by atoms with Gasteiger partial charge in [0.15, 0.2) is 34.5 Å². The third kappa shape index (κ3) is 4.08. The number of ether oxygens (including phenoxy) is 4. The van der Waals surface area contributed by atoms with Crippen LogP contribution in [0.3, 0.4) is 0 Å². The highest BCUT2D eigenvalue weighted by molar-refractivity contribution is 6.05. The molecule has 2 aromatic carbocycles. The van der Waals surface area contributed by atoms with E-state index < -0.39 is 10.8 Å². The standard InChI is InChI=1S/C38H40N2O7/c1-39-13-11-38-19-31(46-4)28(42)17-25(38)26(39)16-24-22(15-29(44-2)35(43)33(24)38)20-40-12-8-21-14-30(45-3)36(47-5)34-32(21)27(40)18-37(34)9-6-23(41)7-10-37/h6-7,9-10,14-15,17,19,26-27,43H,8,11-13,16,18,20H2,1-5H3/t26-,27+,38+/m0/s1. The number of benzene rings is 2. The molecule has 8 rings (SSSR count). The Morgan fingerprint density at radius 1 is 0.936 bits per heavy atom. The molecule has 0 unspecified atom stereocenters. The van der Waals surface area contributed by atoms with Crippen molar-refractivity contribution in [3.05, 3.63) is 93.3 Å². The van der Waals surface area contributed by atoms with Crippen molar-refractivity contribution in [3.63, 3.8) is 0 Å². The molecule has 2 heterocycles. The van der Waals surface area contributed by atoms with Crippen molar-refractivity contribution >= 4 is 11.6 Å². The van der Waals surface area contributed by atoms with E-state index >= 15 is 0 Å². The van der Waals surface area contributed by atoms with Gasteiger partial charge in [-0.25, -0.2) is 0 Å². The Hall–Kier alpha value is -4.34. The SMILES string of the molecule is COC1=C[C@@]23CCN(C)[C@@H](Cc4c(CN5CCc6cc(OC)c(OC)c7c6[C@H]5CC75C=CC(=O)C=C5)cc(OC)c(O)c42)C3=CC1=O. The minimum Gasteiger partial charge on any atom is -0.504 e. The van der Waals surface area contributed by atoms with Crippen LogP contribution < -0.4 is 14.2 Å². The topological polar surface area (TPSA) is 97.8 Å². The molecule has 2 bridgehead atoms. The second-order valence-electron chi connectivity index (χ2n) is 13.6. The van der Waals surface area contributed by atoms with Gasteiger partial charge in [0, 0.05) is 47.1 Å². The van der Waals surface area contributed by atoms with E-state index in [-0.39, 0.29) is 29.4 Å². The van der Waals surface area contributed by atoms with E-state index in [1.165, 1.54) is 18.2 Å². The summed E-state index contributed by atoms with van der Waals surface area (Å²) in [7, 11) is 8.58. The number of nitrogens with zero attached hydrogens (tertiary/aromatic N) is 2. The zero-order chi connectivity index (χ0) is 32.8. The average Bonchev–Trinajstić information content (AvgIpc) is 3.41. The molecule has 0 aromatic heterocycles. The number of carbonyl (C=O) groups is 2.